The zero-order valence-electron chi connectivity index (χ0n) is 15.8. The fourth-order valence-corrected chi connectivity index (χ4v) is 3.58. The smallest absolute Gasteiger partial charge is 0.227 e. The minimum atomic E-state index is 0.0123. The van der Waals surface area contributed by atoms with Gasteiger partial charge in [-0.1, -0.05) is 36.0 Å². The van der Waals surface area contributed by atoms with E-state index in [-0.39, 0.29) is 5.91 Å². The molecule has 0 bridgehead atoms. The molecule has 1 saturated carbocycles. The van der Waals surface area contributed by atoms with Crippen molar-refractivity contribution in [2.75, 3.05) is 20.1 Å². The number of halogens is 1. The standard InChI is InChI=1S/C20H27ClN4O2/c1-25(17-5-3-2-4-6-17)14-13-22-18(26)11-12-19-23-20(24-27-19)15-7-9-16(21)10-8-15/h7-10,17H,2-6,11-14H2,1H3,(H,22,26). The number of hydrogen-bond acceptors (Lipinski definition) is 5. The molecule has 1 heterocycles. The van der Waals surface area contributed by atoms with Gasteiger partial charge in [0.25, 0.3) is 0 Å². The largest absolute Gasteiger partial charge is 0.355 e. The lowest BCUT2D eigenvalue weighted by molar-refractivity contribution is -0.121. The maximum atomic E-state index is 12.1. The van der Waals surface area contributed by atoms with Gasteiger partial charge in [0.2, 0.25) is 17.6 Å². The maximum Gasteiger partial charge on any atom is 0.227 e. The zero-order chi connectivity index (χ0) is 19.1. The molecule has 0 spiro atoms. The van der Waals surface area contributed by atoms with Crippen molar-refractivity contribution in [1.29, 1.82) is 0 Å². The summed E-state index contributed by atoms with van der Waals surface area (Å²) in [5, 5.41) is 7.61. The molecule has 1 aliphatic carbocycles. The molecule has 1 aromatic heterocycles. The number of carbonyl (C=O) groups excluding carboxylic acids is 1. The molecule has 27 heavy (non-hydrogen) atoms. The van der Waals surface area contributed by atoms with Crippen LogP contribution < -0.4 is 5.32 Å². The summed E-state index contributed by atoms with van der Waals surface area (Å²) in [6.07, 6.45) is 7.33. The van der Waals surface area contributed by atoms with Gasteiger partial charge in [-0.25, -0.2) is 0 Å². The van der Waals surface area contributed by atoms with Crippen LogP contribution in [0.4, 0.5) is 0 Å². The topological polar surface area (TPSA) is 71.3 Å². The summed E-state index contributed by atoms with van der Waals surface area (Å²) >= 11 is 5.88. The van der Waals surface area contributed by atoms with Crippen molar-refractivity contribution in [3.8, 4) is 11.4 Å². The molecule has 146 valence electrons. The molecule has 0 aliphatic heterocycles. The van der Waals surface area contributed by atoms with E-state index >= 15 is 0 Å². The number of amides is 1. The fourth-order valence-electron chi connectivity index (χ4n) is 3.46. The Labute approximate surface area is 165 Å². The first-order valence-corrected chi connectivity index (χ1v) is 10.0. The molecule has 3 rings (SSSR count). The van der Waals surface area contributed by atoms with E-state index in [1.54, 1.807) is 12.1 Å². The molecular weight excluding hydrogens is 364 g/mol. The van der Waals surface area contributed by atoms with Crippen LogP contribution in [0.15, 0.2) is 28.8 Å². The Morgan fingerprint density at radius 1 is 1.26 bits per heavy atom. The normalized spacial score (nSPS) is 15.2. The van der Waals surface area contributed by atoms with E-state index in [2.05, 4.69) is 27.4 Å². The van der Waals surface area contributed by atoms with E-state index < -0.39 is 0 Å². The predicted molar refractivity (Wildman–Crippen MR) is 106 cm³/mol. The van der Waals surface area contributed by atoms with Crippen LogP contribution in [0.1, 0.15) is 44.4 Å². The summed E-state index contributed by atoms with van der Waals surface area (Å²) < 4.78 is 5.24. The molecule has 0 saturated heterocycles. The molecule has 0 atom stereocenters. The van der Waals surface area contributed by atoms with Crippen LogP contribution in [0, 0.1) is 0 Å². The van der Waals surface area contributed by atoms with Crippen molar-refractivity contribution >= 4 is 17.5 Å². The van der Waals surface area contributed by atoms with Gasteiger partial charge in [-0.05, 0) is 44.2 Å². The summed E-state index contributed by atoms with van der Waals surface area (Å²) in [6, 6.07) is 7.91. The summed E-state index contributed by atoms with van der Waals surface area (Å²) in [4.78, 5) is 18.8. The summed E-state index contributed by atoms with van der Waals surface area (Å²) in [5.41, 5.74) is 0.838. The average molecular weight is 391 g/mol. The van der Waals surface area contributed by atoms with Crippen LogP contribution in [-0.4, -0.2) is 47.1 Å². The molecule has 1 fully saturated rings. The molecule has 1 aromatic carbocycles. The van der Waals surface area contributed by atoms with Crippen LogP contribution >= 0.6 is 11.6 Å². The number of likely N-dealkylation sites (N-methyl/N-ethyl adjacent to an activating group) is 1. The van der Waals surface area contributed by atoms with E-state index in [0.29, 0.717) is 42.2 Å². The Bertz CT molecular complexity index is 726. The Hall–Kier alpha value is -1.92. The van der Waals surface area contributed by atoms with Gasteiger partial charge in [0.1, 0.15) is 0 Å². The number of carbonyl (C=O) groups is 1. The highest BCUT2D eigenvalue weighted by Crippen LogP contribution is 2.21. The number of nitrogens with one attached hydrogen (secondary N) is 1. The predicted octanol–water partition coefficient (Wildman–Crippen LogP) is 3.70. The number of nitrogens with zero attached hydrogens (tertiary/aromatic N) is 3. The summed E-state index contributed by atoms with van der Waals surface area (Å²) in [6.45, 7) is 1.56. The SMILES string of the molecule is CN(CCNC(=O)CCc1nc(-c2ccc(Cl)cc2)no1)C1CCCCC1. The monoisotopic (exact) mass is 390 g/mol. The molecule has 2 aromatic rings. The van der Waals surface area contributed by atoms with Crippen molar-refractivity contribution < 1.29 is 9.32 Å². The average Bonchev–Trinajstić information content (AvgIpc) is 3.16. The van der Waals surface area contributed by atoms with Gasteiger partial charge in [-0.2, -0.15) is 4.98 Å². The Morgan fingerprint density at radius 3 is 2.74 bits per heavy atom. The Morgan fingerprint density at radius 2 is 2.00 bits per heavy atom. The summed E-state index contributed by atoms with van der Waals surface area (Å²) in [5.74, 6) is 0.990. The van der Waals surface area contributed by atoms with Crippen LogP contribution in [0.5, 0.6) is 0 Å². The van der Waals surface area contributed by atoms with Gasteiger partial charge in [-0.3, -0.25) is 4.79 Å². The first-order chi connectivity index (χ1) is 13.1. The van der Waals surface area contributed by atoms with Crippen molar-refractivity contribution in [1.82, 2.24) is 20.4 Å². The second-order valence-corrected chi connectivity index (χ2v) is 7.58. The number of hydrogen-bond donors (Lipinski definition) is 1. The minimum Gasteiger partial charge on any atom is -0.355 e. The molecule has 1 aliphatic rings. The Kier molecular flexibility index (Phi) is 7.24. The zero-order valence-corrected chi connectivity index (χ0v) is 16.5. The van der Waals surface area contributed by atoms with Crippen LogP contribution in [0.25, 0.3) is 11.4 Å². The van der Waals surface area contributed by atoms with Gasteiger partial charge in [-0.15, -0.1) is 0 Å². The van der Waals surface area contributed by atoms with Crippen LogP contribution in [-0.2, 0) is 11.2 Å². The highest BCUT2D eigenvalue weighted by Gasteiger charge is 2.17. The Balaban J connectivity index is 1.37. The van der Waals surface area contributed by atoms with E-state index in [9.17, 15) is 4.79 Å². The lowest BCUT2D eigenvalue weighted by Crippen LogP contribution is -2.39. The van der Waals surface area contributed by atoms with Crippen molar-refractivity contribution in [3.05, 3.63) is 35.2 Å². The van der Waals surface area contributed by atoms with Gasteiger partial charge < -0.3 is 14.7 Å². The van der Waals surface area contributed by atoms with E-state index in [0.717, 1.165) is 12.1 Å². The number of rotatable bonds is 8. The van der Waals surface area contributed by atoms with E-state index in [1.807, 2.05) is 12.1 Å². The molecule has 0 radical (unpaired) electrons. The highest BCUT2D eigenvalue weighted by atomic mass is 35.5. The third-order valence-electron chi connectivity index (χ3n) is 5.12. The second kappa shape index (κ2) is 9.85. The van der Waals surface area contributed by atoms with Gasteiger partial charge >= 0.3 is 0 Å². The molecule has 6 nitrogen and oxygen atoms in total. The lowest BCUT2D eigenvalue weighted by atomic mass is 9.94. The quantitative estimate of drug-likeness (QED) is 0.744. The third-order valence-corrected chi connectivity index (χ3v) is 5.37. The first-order valence-electron chi connectivity index (χ1n) is 9.67. The minimum absolute atomic E-state index is 0.0123. The van der Waals surface area contributed by atoms with Crippen molar-refractivity contribution in [2.24, 2.45) is 0 Å². The van der Waals surface area contributed by atoms with Gasteiger partial charge in [0, 0.05) is 42.6 Å². The molecular formula is C20H27ClN4O2. The first kappa shape index (κ1) is 19.8. The number of aromatic nitrogens is 2. The highest BCUT2D eigenvalue weighted by molar-refractivity contribution is 6.30. The van der Waals surface area contributed by atoms with Gasteiger partial charge in [0.05, 0.1) is 0 Å². The lowest BCUT2D eigenvalue weighted by Gasteiger charge is -2.31. The molecule has 1 amide bonds. The van der Waals surface area contributed by atoms with E-state index in [1.165, 1.54) is 32.1 Å². The van der Waals surface area contributed by atoms with Crippen molar-refractivity contribution in [3.63, 3.8) is 0 Å². The third kappa shape index (κ3) is 6.04. The van der Waals surface area contributed by atoms with Crippen LogP contribution in [0.2, 0.25) is 5.02 Å². The number of aryl methyl sites for hydroxylation is 1. The fraction of sp³-hybridized carbons (Fsp3) is 0.550. The maximum absolute atomic E-state index is 12.1. The van der Waals surface area contributed by atoms with Gasteiger partial charge in [0.15, 0.2) is 0 Å². The second-order valence-electron chi connectivity index (χ2n) is 7.14. The van der Waals surface area contributed by atoms with Crippen molar-refractivity contribution in [2.45, 2.75) is 51.0 Å². The van der Waals surface area contributed by atoms with Crippen LogP contribution in [0.3, 0.4) is 0 Å². The summed E-state index contributed by atoms with van der Waals surface area (Å²) in [7, 11) is 2.15. The molecule has 7 heteroatoms. The number of benzene rings is 1. The van der Waals surface area contributed by atoms with E-state index in [4.69, 9.17) is 16.1 Å². The molecule has 1 N–H and O–H groups in total. The molecule has 0 unspecified atom stereocenters.